The minimum Gasteiger partial charge on any atom is -0.465 e. The molecule has 1 atom stereocenters. The average Bonchev–Trinajstić information content (AvgIpc) is 2.72. The third kappa shape index (κ3) is 22.2. The van der Waals surface area contributed by atoms with Gasteiger partial charge in [0.15, 0.2) is 0 Å². The van der Waals surface area contributed by atoms with Gasteiger partial charge in [-0.1, -0.05) is 130 Å². The van der Waals surface area contributed by atoms with Gasteiger partial charge in [0.1, 0.15) is 0 Å². The third-order valence-electron chi connectivity index (χ3n) is 6.32. The van der Waals surface area contributed by atoms with Gasteiger partial charge in [0.2, 0.25) is 0 Å². The minimum atomic E-state index is 0.0365. The van der Waals surface area contributed by atoms with Gasteiger partial charge in [0, 0.05) is 6.42 Å². The highest BCUT2D eigenvalue weighted by molar-refractivity contribution is 5.69. The van der Waals surface area contributed by atoms with Gasteiger partial charge in [-0.05, 0) is 31.1 Å². The number of unbranched alkanes of at least 4 members (excludes halogenated alkanes) is 13. The minimum absolute atomic E-state index is 0.0365. The van der Waals surface area contributed by atoms with Crippen LogP contribution in [0.1, 0.15) is 156 Å². The van der Waals surface area contributed by atoms with Crippen LogP contribution in [0, 0.1) is 11.8 Å². The van der Waals surface area contributed by atoms with Crippen molar-refractivity contribution in [3.05, 3.63) is 0 Å². The molecule has 0 bridgehead atoms. The second-order valence-corrected chi connectivity index (χ2v) is 10.0. The van der Waals surface area contributed by atoms with Gasteiger partial charge in [0.05, 0.1) is 6.61 Å². The number of esters is 1. The topological polar surface area (TPSA) is 26.3 Å². The van der Waals surface area contributed by atoms with E-state index < -0.39 is 0 Å². The lowest BCUT2D eigenvalue weighted by Gasteiger charge is -2.17. The van der Waals surface area contributed by atoms with Crippen molar-refractivity contribution in [3.63, 3.8) is 0 Å². The quantitative estimate of drug-likeness (QED) is 0.120. The van der Waals surface area contributed by atoms with E-state index in [4.69, 9.17) is 4.74 Å². The van der Waals surface area contributed by atoms with E-state index in [1.165, 1.54) is 116 Å². The van der Waals surface area contributed by atoms with Crippen LogP contribution in [0.15, 0.2) is 0 Å². The van der Waals surface area contributed by atoms with Gasteiger partial charge in [-0.2, -0.15) is 0 Å². The Balaban J connectivity index is 3.95. The molecule has 0 spiro atoms. The molecule has 30 heavy (non-hydrogen) atoms. The van der Waals surface area contributed by atoms with E-state index in [2.05, 4.69) is 27.7 Å². The van der Waals surface area contributed by atoms with E-state index >= 15 is 0 Å². The fourth-order valence-electron chi connectivity index (χ4n) is 4.20. The number of hydrogen-bond acceptors (Lipinski definition) is 2. The molecule has 0 saturated carbocycles. The fourth-order valence-corrected chi connectivity index (χ4v) is 4.20. The number of carbonyl (C=O) groups is 1. The van der Waals surface area contributed by atoms with E-state index in [0.717, 1.165) is 12.3 Å². The summed E-state index contributed by atoms with van der Waals surface area (Å²) in [7, 11) is 0. The molecule has 0 aromatic rings. The predicted octanol–water partition coefficient (Wildman–Crippen LogP) is 9.64. The van der Waals surface area contributed by atoms with Crippen LogP contribution in [-0.2, 0) is 9.53 Å². The average molecular weight is 425 g/mol. The first-order valence-electron chi connectivity index (χ1n) is 13.8. The van der Waals surface area contributed by atoms with Crippen molar-refractivity contribution in [2.24, 2.45) is 11.8 Å². The van der Waals surface area contributed by atoms with Gasteiger partial charge >= 0.3 is 5.97 Å². The Morgan fingerprint density at radius 3 is 1.53 bits per heavy atom. The SMILES string of the molecule is CCCCCCCCCC(CCCCCCC)COC(=O)CCCCCCC(C)C. The number of hydrogen-bond donors (Lipinski definition) is 0. The zero-order valence-corrected chi connectivity index (χ0v) is 21.3. The summed E-state index contributed by atoms with van der Waals surface area (Å²) in [5, 5.41) is 0. The molecule has 0 aliphatic heterocycles. The van der Waals surface area contributed by atoms with E-state index in [1.54, 1.807) is 0 Å². The summed E-state index contributed by atoms with van der Waals surface area (Å²) in [6, 6.07) is 0. The van der Waals surface area contributed by atoms with E-state index in [1.807, 2.05) is 0 Å². The van der Waals surface area contributed by atoms with Crippen molar-refractivity contribution in [2.45, 2.75) is 156 Å². The molecule has 0 aliphatic rings. The highest BCUT2D eigenvalue weighted by Gasteiger charge is 2.12. The molecule has 0 heterocycles. The van der Waals surface area contributed by atoms with Gasteiger partial charge in [-0.15, -0.1) is 0 Å². The lowest BCUT2D eigenvalue weighted by Crippen LogP contribution is -2.14. The normalized spacial score (nSPS) is 12.4. The Labute approximate surface area is 190 Å². The molecule has 1 unspecified atom stereocenters. The fraction of sp³-hybridized carbons (Fsp3) is 0.964. The van der Waals surface area contributed by atoms with Crippen molar-refractivity contribution >= 4 is 5.97 Å². The van der Waals surface area contributed by atoms with Gasteiger partial charge in [-0.25, -0.2) is 0 Å². The lowest BCUT2D eigenvalue weighted by molar-refractivity contribution is -0.145. The first-order chi connectivity index (χ1) is 14.6. The molecule has 0 aromatic heterocycles. The van der Waals surface area contributed by atoms with E-state index in [9.17, 15) is 4.79 Å². The Bertz CT molecular complexity index is 351. The standard InChI is InChI=1S/C28H56O2/c1-5-7-9-11-12-14-19-23-27(22-18-13-10-8-6-2)25-30-28(29)24-20-16-15-17-21-26(3)4/h26-27H,5-25H2,1-4H3. The molecular weight excluding hydrogens is 368 g/mol. The molecule has 2 heteroatoms. The van der Waals surface area contributed by atoms with Crippen molar-refractivity contribution in [2.75, 3.05) is 6.61 Å². The van der Waals surface area contributed by atoms with Gasteiger partial charge in [0.25, 0.3) is 0 Å². The molecule has 0 saturated heterocycles. The van der Waals surface area contributed by atoms with E-state index in [-0.39, 0.29) is 5.97 Å². The summed E-state index contributed by atoms with van der Waals surface area (Å²) in [5.74, 6) is 1.41. The smallest absolute Gasteiger partial charge is 0.305 e. The Kier molecular flexibility index (Phi) is 22.7. The summed E-state index contributed by atoms with van der Waals surface area (Å²) in [5.41, 5.74) is 0. The molecule has 0 amide bonds. The van der Waals surface area contributed by atoms with Crippen LogP contribution in [-0.4, -0.2) is 12.6 Å². The summed E-state index contributed by atoms with van der Waals surface area (Å²) in [6.45, 7) is 9.77. The van der Waals surface area contributed by atoms with Crippen LogP contribution in [0.25, 0.3) is 0 Å². The maximum absolute atomic E-state index is 12.2. The van der Waals surface area contributed by atoms with Gasteiger partial charge < -0.3 is 4.74 Å². The van der Waals surface area contributed by atoms with Crippen LogP contribution < -0.4 is 0 Å². The van der Waals surface area contributed by atoms with Crippen LogP contribution >= 0.6 is 0 Å². The van der Waals surface area contributed by atoms with Crippen LogP contribution in [0.4, 0.5) is 0 Å². The zero-order chi connectivity index (χ0) is 22.3. The number of rotatable bonds is 23. The molecule has 0 radical (unpaired) electrons. The predicted molar refractivity (Wildman–Crippen MR) is 133 cm³/mol. The van der Waals surface area contributed by atoms with Crippen molar-refractivity contribution < 1.29 is 9.53 Å². The lowest BCUT2D eigenvalue weighted by atomic mass is 9.95. The zero-order valence-electron chi connectivity index (χ0n) is 21.3. The third-order valence-corrected chi connectivity index (χ3v) is 6.32. The van der Waals surface area contributed by atoms with Crippen LogP contribution in [0.5, 0.6) is 0 Å². The molecule has 2 nitrogen and oxygen atoms in total. The molecule has 0 aliphatic carbocycles. The van der Waals surface area contributed by atoms with Crippen molar-refractivity contribution in [1.29, 1.82) is 0 Å². The van der Waals surface area contributed by atoms with Crippen LogP contribution in [0.3, 0.4) is 0 Å². The molecular formula is C28H56O2. The highest BCUT2D eigenvalue weighted by Crippen LogP contribution is 2.20. The summed E-state index contributed by atoms with van der Waals surface area (Å²) < 4.78 is 5.70. The Morgan fingerprint density at radius 2 is 1.03 bits per heavy atom. The summed E-state index contributed by atoms with van der Waals surface area (Å²) >= 11 is 0. The monoisotopic (exact) mass is 424 g/mol. The van der Waals surface area contributed by atoms with Gasteiger partial charge in [-0.3, -0.25) is 4.79 Å². The maximum Gasteiger partial charge on any atom is 0.305 e. The Morgan fingerprint density at radius 1 is 0.600 bits per heavy atom. The summed E-state index contributed by atoms with van der Waals surface area (Å²) in [4.78, 5) is 12.2. The largest absolute Gasteiger partial charge is 0.465 e. The maximum atomic E-state index is 12.2. The van der Waals surface area contributed by atoms with Crippen LogP contribution in [0.2, 0.25) is 0 Å². The Hall–Kier alpha value is -0.530. The summed E-state index contributed by atoms with van der Waals surface area (Å²) in [6.07, 6.45) is 25.3. The second-order valence-electron chi connectivity index (χ2n) is 10.0. The first-order valence-corrected chi connectivity index (χ1v) is 13.8. The second kappa shape index (κ2) is 23.1. The molecule has 0 rings (SSSR count). The molecule has 0 aromatic carbocycles. The van der Waals surface area contributed by atoms with Crippen molar-refractivity contribution in [1.82, 2.24) is 0 Å². The number of carbonyl (C=O) groups excluding carboxylic acids is 1. The first kappa shape index (κ1) is 29.5. The van der Waals surface area contributed by atoms with Crippen molar-refractivity contribution in [3.8, 4) is 0 Å². The molecule has 0 N–H and O–H groups in total. The highest BCUT2D eigenvalue weighted by atomic mass is 16.5. The number of ether oxygens (including phenoxy) is 1. The van der Waals surface area contributed by atoms with E-state index in [0.29, 0.717) is 18.9 Å². The molecule has 180 valence electrons. The molecule has 0 fully saturated rings.